The Morgan fingerprint density at radius 3 is 2.55 bits per heavy atom. The van der Waals surface area contributed by atoms with Gasteiger partial charge in [-0.3, -0.25) is 4.79 Å². The highest BCUT2D eigenvalue weighted by molar-refractivity contribution is 5.68. The molecule has 4 nitrogen and oxygen atoms in total. The van der Waals surface area contributed by atoms with Gasteiger partial charge < -0.3 is 10.1 Å². The average Bonchev–Trinajstić information content (AvgIpc) is 2.00. The molecule has 1 N–H and O–H groups in total. The van der Waals surface area contributed by atoms with Crippen LogP contribution in [0.25, 0.3) is 0 Å². The van der Waals surface area contributed by atoms with E-state index < -0.39 is 11.5 Å². The van der Waals surface area contributed by atoms with Crippen LogP contribution in [0, 0.1) is 5.41 Å². The summed E-state index contributed by atoms with van der Waals surface area (Å²) in [7, 11) is 1.27. The number of carbonyl (C=O) groups is 1. The Morgan fingerprint density at radius 2 is 2.18 bits per heavy atom. The van der Waals surface area contributed by atoms with Crippen LogP contribution in [0.1, 0.15) is 13.8 Å². The molecule has 0 saturated carbocycles. The number of ether oxygens (including phenoxy) is 1. The van der Waals surface area contributed by atoms with Gasteiger partial charge in [0.25, 0.3) is 0 Å². The third-order valence-electron chi connectivity index (χ3n) is 1.14. The van der Waals surface area contributed by atoms with E-state index in [1.165, 1.54) is 7.11 Å². The topological polar surface area (TPSA) is 55.4 Å². The van der Waals surface area contributed by atoms with Crippen molar-refractivity contribution in [2.75, 3.05) is 13.7 Å². The zero-order valence-corrected chi connectivity index (χ0v) is 6.93. The fourth-order valence-corrected chi connectivity index (χ4v) is 0.401. The van der Waals surface area contributed by atoms with Crippen LogP contribution in [0.15, 0.2) is 0 Å². The minimum Gasteiger partial charge on any atom is -0.453 e. The molecule has 0 saturated heterocycles. The van der Waals surface area contributed by atoms with E-state index in [0.29, 0.717) is 0 Å². The maximum Gasteiger partial charge on any atom is 0.406 e. The normalized spacial score (nSPS) is 10.5. The first-order valence-electron chi connectivity index (χ1n) is 3.23. The zero-order valence-electron chi connectivity index (χ0n) is 6.93. The van der Waals surface area contributed by atoms with E-state index in [-0.39, 0.29) is 6.54 Å². The lowest BCUT2D eigenvalue weighted by Gasteiger charge is -2.15. The van der Waals surface area contributed by atoms with E-state index in [1.807, 2.05) is 0 Å². The standard InChI is InChI=1S/C7H12NO3/c1-7(2,5-9)4-8-6(10)11-3/h4H2,1-3H3,(H,8,10). The van der Waals surface area contributed by atoms with Crippen LogP contribution < -0.4 is 5.32 Å². The molecule has 0 atom stereocenters. The molecule has 0 unspecified atom stereocenters. The summed E-state index contributed by atoms with van der Waals surface area (Å²) in [6, 6.07) is 0. The van der Waals surface area contributed by atoms with Crippen LogP contribution >= 0.6 is 0 Å². The molecule has 63 valence electrons. The number of alkyl carbamates (subject to hydrolysis) is 1. The van der Waals surface area contributed by atoms with Crippen LogP contribution in [-0.4, -0.2) is 26.0 Å². The van der Waals surface area contributed by atoms with Crippen molar-refractivity contribution in [3.63, 3.8) is 0 Å². The molecule has 1 amide bonds. The molecular formula is C7H12NO3. The van der Waals surface area contributed by atoms with E-state index in [4.69, 9.17) is 0 Å². The molecule has 0 aromatic heterocycles. The van der Waals surface area contributed by atoms with Crippen molar-refractivity contribution < 1.29 is 14.3 Å². The Morgan fingerprint density at radius 1 is 1.64 bits per heavy atom. The average molecular weight is 158 g/mol. The van der Waals surface area contributed by atoms with Crippen molar-refractivity contribution in [2.45, 2.75) is 13.8 Å². The summed E-state index contributed by atoms with van der Waals surface area (Å²) >= 11 is 0. The molecule has 4 heteroatoms. The molecule has 0 aliphatic carbocycles. The van der Waals surface area contributed by atoms with E-state index >= 15 is 0 Å². The van der Waals surface area contributed by atoms with Gasteiger partial charge in [0.1, 0.15) is 0 Å². The predicted octanol–water partition coefficient (Wildman–Crippen LogP) is 0.478. The van der Waals surface area contributed by atoms with Crippen LogP contribution in [0.2, 0.25) is 0 Å². The van der Waals surface area contributed by atoms with Crippen LogP contribution in [0.5, 0.6) is 0 Å². The summed E-state index contributed by atoms with van der Waals surface area (Å²) in [6.07, 6.45) is 1.27. The van der Waals surface area contributed by atoms with Gasteiger partial charge in [-0.15, -0.1) is 0 Å². The Labute approximate surface area is 65.9 Å². The number of rotatable bonds is 3. The summed E-state index contributed by atoms with van der Waals surface area (Å²) in [6.45, 7) is 3.59. The maximum atomic E-state index is 10.5. The fourth-order valence-electron chi connectivity index (χ4n) is 0.401. The number of nitrogens with one attached hydrogen (secondary N) is 1. The molecule has 0 bridgehead atoms. The van der Waals surface area contributed by atoms with Crippen molar-refractivity contribution in [3.8, 4) is 0 Å². The van der Waals surface area contributed by atoms with Gasteiger partial charge in [0.05, 0.1) is 7.11 Å². The monoisotopic (exact) mass is 158 g/mol. The zero-order chi connectivity index (χ0) is 8.91. The Kier molecular flexibility index (Phi) is 3.57. The molecule has 0 aliphatic heterocycles. The number of carbonyl (C=O) groups excluding carboxylic acids is 2. The second-order valence-corrected chi connectivity index (χ2v) is 2.83. The van der Waals surface area contributed by atoms with Crippen molar-refractivity contribution in [3.05, 3.63) is 0 Å². The molecule has 0 aromatic carbocycles. The smallest absolute Gasteiger partial charge is 0.406 e. The van der Waals surface area contributed by atoms with Crippen LogP contribution in [0.3, 0.4) is 0 Å². The highest BCUT2D eigenvalue weighted by Crippen LogP contribution is 2.07. The summed E-state index contributed by atoms with van der Waals surface area (Å²) in [4.78, 5) is 20.7. The van der Waals surface area contributed by atoms with Crippen molar-refractivity contribution in [2.24, 2.45) is 5.41 Å². The summed E-state index contributed by atoms with van der Waals surface area (Å²) < 4.78 is 4.31. The maximum absolute atomic E-state index is 10.5. The Bertz CT molecular complexity index is 154. The van der Waals surface area contributed by atoms with Gasteiger partial charge in [-0.25, -0.2) is 4.79 Å². The van der Waals surface area contributed by atoms with Gasteiger partial charge >= 0.3 is 6.09 Å². The Balaban J connectivity index is 3.69. The highest BCUT2D eigenvalue weighted by atomic mass is 16.5. The SMILES string of the molecule is COC(=O)NCC(C)(C)[C]=O. The summed E-state index contributed by atoms with van der Waals surface area (Å²) in [5.41, 5.74) is -0.645. The lowest BCUT2D eigenvalue weighted by Crippen LogP contribution is -2.34. The minimum atomic E-state index is -0.645. The van der Waals surface area contributed by atoms with E-state index in [0.717, 1.165) is 0 Å². The van der Waals surface area contributed by atoms with Gasteiger partial charge in [-0.2, -0.15) is 0 Å². The van der Waals surface area contributed by atoms with Gasteiger partial charge in [0.15, 0.2) is 0 Å². The van der Waals surface area contributed by atoms with Crippen molar-refractivity contribution >= 4 is 12.4 Å². The molecule has 0 rings (SSSR count). The first-order valence-corrected chi connectivity index (χ1v) is 3.23. The van der Waals surface area contributed by atoms with E-state index in [2.05, 4.69) is 10.1 Å². The third kappa shape index (κ3) is 4.36. The highest BCUT2D eigenvalue weighted by Gasteiger charge is 2.18. The van der Waals surface area contributed by atoms with Crippen molar-refractivity contribution in [1.82, 2.24) is 5.32 Å². The summed E-state index contributed by atoms with van der Waals surface area (Å²) in [5, 5.41) is 2.40. The number of methoxy groups -OCH3 is 1. The van der Waals surface area contributed by atoms with E-state index in [9.17, 15) is 9.59 Å². The van der Waals surface area contributed by atoms with Crippen molar-refractivity contribution in [1.29, 1.82) is 0 Å². The number of amides is 1. The molecular weight excluding hydrogens is 146 g/mol. The quantitative estimate of drug-likeness (QED) is 0.649. The minimum absolute atomic E-state index is 0.239. The number of hydrogen-bond donors (Lipinski definition) is 1. The van der Waals surface area contributed by atoms with Gasteiger partial charge in [0, 0.05) is 12.0 Å². The first-order chi connectivity index (χ1) is 5.02. The first kappa shape index (κ1) is 9.94. The molecule has 0 aliphatic rings. The lowest BCUT2D eigenvalue weighted by molar-refractivity contribution is 0.168. The van der Waals surface area contributed by atoms with E-state index in [1.54, 1.807) is 20.1 Å². The molecule has 11 heavy (non-hydrogen) atoms. The molecule has 1 radical (unpaired) electrons. The second kappa shape index (κ2) is 3.95. The molecule has 0 aromatic rings. The van der Waals surface area contributed by atoms with Gasteiger partial charge in [-0.1, -0.05) is 13.8 Å². The van der Waals surface area contributed by atoms with Gasteiger partial charge in [0.2, 0.25) is 6.29 Å². The second-order valence-electron chi connectivity index (χ2n) is 2.83. The van der Waals surface area contributed by atoms with Crippen LogP contribution in [0.4, 0.5) is 4.79 Å². The predicted molar refractivity (Wildman–Crippen MR) is 39.9 cm³/mol. The summed E-state index contributed by atoms with van der Waals surface area (Å²) in [5.74, 6) is 0. The largest absolute Gasteiger partial charge is 0.453 e. The van der Waals surface area contributed by atoms with Crippen LogP contribution in [-0.2, 0) is 9.53 Å². The molecule has 0 heterocycles. The molecule has 0 fully saturated rings. The lowest BCUT2D eigenvalue weighted by atomic mass is 9.96. The number of hydrogen-bond acceptors (Lipinski definition) is 3. The van der Waals surface area contributed by atoms with Gasteiger partial charge in [-0.05, 0) is 0 Å². The fraction of sp³-hybridized carbons (Fsp3) is 0.714. The Hall–Kier alpha value is -1.06. The third-order valence-corrected chi connectivity index (χ3v) is 1.14. The molecule has 0 spiro atoms.